The number of aromatic nitrogens is 4. The Hall–Kier alpha value is -2.63. The molecule has 0 bridgehead atoms. The third-order valence-corrected chi connectivity index (χ3v) is 2.50. The van der Waals surface area contributed by atoms with Gasteiger partial charge in [0.2, 0.25) is 0 Å². The second kappa shape index (κ2) is 4.70. The average molecular weight is 241 g/mol. The maximum absolute atomic E-state index is 5.14. The molecule has 3 rings (SSSR count). The number of benzene rings is 1. The first-order valence-corrected chi connectivity index (χ1v) is 5.48. The van der Waals surface area contributed by atoms with Crippen LogP contribution in [0.1, 0.15) is 5.76 Å². The molecule has 0 unspecified atom stereocenters. The van der Waals surface area contributed by atoms with E-state index in [0.29, 0.717) is 6.54 Å². The Bertz CT molecular complexity index is 586. The Morgan fingerprint density at radius 3 is 2.72 bits per heavy atom. The maximum atomic E-state index is 5.14. The van der Waals surface area contributed by atoms with Crippen molar-refractivity contribution in [1.82, 2.24) is 19.7 Å². The van der Waals surface area contributed by atoms with Gasteiger partial charge in [-0.25, -0.2) is 14.6 Å². The van der Waals surface area contributed by atoms with E-state index < -0.39 is 0 Å². The van der Waals surface area contributed by atoms with E-state index in [0.717, 1.165) is 17.1 Å². The largest absolute Gasteiger partial charge is 0.447 e. The van der Waals surface area contributed by atoms with Crippen LogP contribution in [-0.2, 0) is 6.54 Å². The lowest BCUT2D eigenvalue weighted by Crippen LogP contribution is -1.99. The SMILES string of the molecule is c1ncn(-c2ccc(NCc3cnco3)cc2)n1. The van der Waals surface area contributed by atoms with Crippen LogP contribution in [0.25, 0.3) is 5.69 Å². The van der Waals surface area contributed by atoms with Gasteiger partial charge in [-0.15, -0.1) is 0 Å². The molecule has 2 aromatic heterocycles. The summed E-state index contributed by atoms with van der Waals surface area (Å²) < 4.78 is 6.85. The monoisotopic (exact) mass is 241 g/mol. The lowest BCUT2D eigenvalue weighted by molar-refractivity contribution is 0.512. The molecule has 6 heteroatoms. The van der Waals surface area contributed by atoms with Crippen molar-refractivity contribution in [2.75, 3.05) is 5.32 Å². The molecule has 0 amide bonds. The van der Waals surface area contributed by atoms with E-state index in [1.807, 2.05) is 24.3 Å². The first-order valence-electron chi connectivity index (χ1n) is 5.48. The van der Waals surface area contributed by atoms with Crippen molar-refractivity contribution < 1.29 is 4.42 Å². The van der Waals surface area contributed by atoms with Crippen molar-refractivity contribution in [3.05, 3.63) is 55.3 Å². The van der Waals surface area contributed by atoms with E-state index in [1.165, 1.54) is 12.7 Å². The Labute approximate surface area is 103 Å². The minimum Gasteiger partial charge on any atom is -0.447 e. The van der Waals surface area contributed by atoms with Crippen LogP contribution in [0.5, 0.6) is 0 Å². The van der Waals surface area contributed by atoms with E-state index in [1.54, 1.807) is 17.2 Å². The predicted octanol–water partition coefficient (Wildman–Crippen LogP) is 1.87. The number of oxazole rings is 1. The van der Waals surface area contributed by atoms with Gasteiger partial charge in [-0.3, -0.25) is 0 Å². The van der Waals surface area contributed by atoms with Crippen molar-refractivity contribution in [3.63, 3.8) is 0 Å². The maximum Gasteiger partial charge on any atom is 0.180 e. The van der Waals surface area contributed by atoms with E-state index >= 15 is 0 Å². The molecule has 3 aromatic rings. The normalized spacial score (nSPS) is 10.4. The number of nitrogens with zero attached hydrogens (tertiary/aromatic N) is 4. The molecule has 18 heavy (non-hydrogen) atoms. The summed E-state index contributed by atoms with van der Waals surface area (Å²) in [6.07, 6.45) is 6.29. The molecule has 0 saturated heterocycles. The third kappa shape index (κ3) is 2.22. The third-order valence-electron chi connectivity index (χ3n) is 2.50. The van der Waals surface area contributed by atoms with Crippen molar-refractivity contribution >= 4 is 5.69 Å². The highest BCUT2D eigenvalue weighted by Gasteiger charge is 1.99. The van der Waals surface area contributed by atoms with E-state index in [4.69, 9.17) is 4.42 Å². The van der Waals surface area contributed by atoms with E-state index in [-0.39, 0.29) is 0 Å². The van der Waals surface area contributed by atoms with Crippen LogP contribution >= 0.6 is 0 Å². The second-order valence-electron chi connectivity index (χ2n) is 3.71. The summed E-state index contributed by atoms with van der Waals surface area (Å²) in [5, 5.41) is 7.31. The molecule has 0 aliphatic heterocycles. The van der Waals surface area contributed by atoms with Gasteiger partial charge in [-0.05, 0) is 24.3 Å². The van der Waals surface area contributed by atoms with Gasteiger partial charge in [0.15, 0.2) is 6.39 Å². The summed E-state index contributed by atoms with van der Waals surface area (Å²) in [4.78, 5) is 7.77. The second-order valence-corrected chi connectivity index (χ2v) is 3.71. The topological polar surface area (TPSA) is 68.8 Å². The van der Waals surface area contributed by atoms with Gasteiger partial charge >= 0.3 is 0 Å². The zero-order valence-electron chi connectivity index (χ0n) is 9.52. The molecule has 0 aliphatic rings. The number of hydrogen-bond donors (Lipinski definition) is 1. The van der Waals surface area contributed by atoms with Gasteiger partial charge in [-0.1, -0.05) is 0 Å². The highest BCUT2D eigenvalue weighted by molar-refractivity contribution is 5.48. The highest BCUT2D eigenvalue weighted by Crippen LogP contribution is 2.13. The summed E-state index contributed by atoms with van der Waals surface area (Å²) >= 11 is 0. The van der Waals surface area contributed by atoms with Crippen LogP contribution in [-0.4, -0.2) is 19.7 Å². The lowest BCUT2D eigenvalue weighted by atomic mass is 10.3. The van der Waals surface area contributed by atoms with E-state index in [2.05, 4.69) is 20.4 Å². The fourth-order valence-electron chi connectivity index (χ4n) is 1.59. The van der Waals surface area contributed by atoms with Gasteiger partial charge in [0.1, 0.15) is 18.4 Å². The van der Waals surface area contributed by atoms with Gasteiger partial charge in [0, 0.05) is 5.69 Å². The Morgan fingerprint density at radius 2 is 2.06 bits per heavy atom. The molecule has 6 nitrogen and oxygen atoms in total. The summed E-state index contributed by atoms with van der Waals surface area (Å²) in [5.74, 6) is 0.801. The summed E-state index contributed by atoms with van der Waals surface area (Å²) in [6.45, 7) is 0.614. The number of hydrogen-bond acceptors (Lipinski definition) is 5. The lowest BCUT2D eigenvalue weighted by Gasteiger charge is -2.05. The Morgan fingerprint density at radius 1 is 1.17 bits per heavy atom. The highest BCUT2D eigenvalue weighted by atomic mass is 16.3. The van der Waals surface area contributed by atoms with Crippen LogP contribution in [0.4, 0.5) is 5.69 Å². The fraction of sp³-hybridized carbons (Fsp3) is 0.0833. The van der Waals surface area contributed by atoms with Gasteiger partial charge < -0.3 is 9.73 Å². The van der Waals surface area contributed by atoms with E-state index in [9.17, 15) is 0 Å². The van der Waals surface area contributed by atoms with Crippen molar-refractivity contribution in [2.45, 2.75) is 6.54 Å². The Balaban J connectivity index is 1.68. The van der Waals surface area contributed by atoms with Crippen LogP contribution < -0.4 is 5.32 Å². The first kappa shape index (κ1) is 10.5. The summed E-state index contributed by atoms with van der Waals surface area (Å²) in [6, 6.07) is 7.90. The number of anilines is 1. The van der Waals surface area contributed by atoms with Crippen LogP contribution in [0.15, 0.2) is 53.9 Å². The van der Waals surface area contributed by atoms with Gasteiger partial charge in [-0.2, -0.15) is 5.10 Å². The molecule has 90 valence electrons. The first-order chi connectivity index (χ1) is 8.92. The van der Waals surface area contributed by atoms with Crippen LogP contribution in [0.3, 0.4) is 0 Å². The zero-order chi connectivity index (χ0) is 12.2. The smallest absolute Gasteiger partial charge is 0.180 e. The van der Waals surface area contributed by atoms with Gasteiger partial charge in [0.25, 0.3) is 0 Å². The zero-order valence-corrected chi connectivity index (χ0v) is 9.52. The van der Waals surface area contributed by atoms with Crippen LogP contribution in [0, 0.1) is 0 Å². The van der Waals surface area contributed by atoms with Crippen LogP contribution in [0.2, 0.25) is 0 Å². The molecule has 0 aliphatic carbocycles. The molecule has 0 atom stereocenters. The van der Waals surface area contributed by atoms with Crippen molar-refractivity contribution in [2.24, 2.45) is 0 Å². The quantitative estimate of drug-likeness (QED) is 0.755. The summed E-state index contributed by atoms with van der Waals surface area (Å²) in [5.41, 5.74) is 1.98. The number of nitrogens with one attached hydrogen (secondary N) is 1. The summed E-state index contributed by atoms with van der Waals surface area (Å²) in [7, 11) is 0. The molecule has 2 heterocycles. The fourth-order valence-corrected chi connectivity index (χ4v) is 1.59. The molecule has 0 saturated carbocycles. The predicted molar refractivity (Wildman–Crippen MR) is 65.2 cm³/mol. The minimum atomic E-state index is 0.614. The van der Waals surface area contributed by atoms with Crippen molar-refractivity contribution in [3.8, 4) is 5.69 Å². The van der Waals surface area contributed by atoms with Gasteiger partial charge in [0.05, 0.1) is 18.4 Å². The van der Waals surface area contributed by atoms with Crippen molar-refractivity contribution in [1.29, 1.82) is 0 Å². The standard InChI is InChI=1S/C12H11N5O/c1-3-11(17-8-14-7-16-17)4-2-10(1)15-6-12-5-13-9-18-12/h1-5,7-9,15H,6H2. The average Bonchev–Trinajstić information content (AvgIpc) is 3.10. The number of rotatable bonds is 4. The Kier molecular flexibility index (Phi) is 2.75. The molecule has 0 fully saturated rings. The molecule has 0 radical (unpaired) electrons. The molecule has 0 spiro atoms. The molecule has 1 N–H and O–H groups in total. The molecule has 1 aromatic carbocycles. The minimum absolute atomic E-state index is 0.614. The molecular weight excluding hydrogens is 230 g/mol. The molecular formula is C12H11N5O.